The van der Waals surface area contributed by atoms with E-state index in [9.17, 15) is 17.8 Å². The van der Waals surface area contributed by atoms with E-state index in [0.29, 0.717) is 30.8 Å². The Balaban J connectivity index is 1.35. The van der Waals surface area contributed by atoms with Crippen LogP contribution < -0.4 is 5.35 Å². The second-order valence-corrected chi connectivity index (χ2v) is 14.9. The number of nitrogens with zero attached hydrogens (tertiary/aromatic N) is 2. The maximum Gasteiger partial charge on any atom is 0.295 e. The van der Waals surface area contributed by atoms with Gasteiger partial charge in [0.2, 0.25) is 11.4 Å². The van der Waals surface area contributed by atoms with Crippen molar-refractivity contribution in [2.75, 3.05) is 18.9 Å². The highest BCUT2D eigenvalue weighted by Crippen LogP contribution is 2.40. The molecule has 7 nitrogen and oxygen atoms in total. The lowest BCUT2D eigenvalue weighted by Crippen LogP contribution is -2.15. The van der Waals surface area contributed by atoms with Crippen LogP contribution in [0.3, 0.4) is 0 Å². The number of aryl methyl sites for hydroxylation is 2. The van der Waals surface area contributed by atoms with E-state index in [1.807, 2.05) is 12.1 Å². The van der Waals surface area contributed by atoms with E-state index >= 15 is 0 Å². The van der Waals surface area contributed by atoms with Gasteiger partial charge >= 0.3 is 0 Å². The Morgan fingerprint density at radius 1 is 0.939 bits per heavy atom. The summed E-state index contributed by atoms with van der Waals surface area (Å²) in [6, 6.07) is 19.9. The van der Waals surface area contributed by atoms with Crippen molar-refractivity contribution in [1.82, 2.24) is 4.57 Å². The zero-order chi connectivity index (χ0) is 34.3. The summed E-state index contributed by atoms with van der Waals surface area (Å²) in [6.45, 7) is 8.83. The Kier molecular flexibility index (Phi) is 9.09. The molecule has 1 N–H and O–H groups in total. The third kappa shape index (κ3) is 5.83. The molecule has 1 aliphatic heterocycles. The summed E-state index contributed by atoms with van der Waals surface area (Å²) in [5, 5.41) is 5.87. The monoisotopic (exact) mass is 691 g/mol. The molecule has 5 aromatic rings. The molecule has 0 amide bonds. The first-order valence-electron chi connectivity index (χ1n) is 16.8. The van der Waals surface area contributed by atoms with Crippen molar-refractivity contribution in [1.29, 1.82) is 0 Å². The fourth-order valence-corrected chi connectivity index (χ4v) is 9.38. The van der Waals surface area contributed by atoms with Gasteiger partial charge in [-0.05, 0) is 86.4 Å². The number of hydrogen-bond donors (Lipinski definition) is 1. The number of rotatable bonds is 11. The molecule has 0 bridgehead atoms. The minimum Gasteiger partial charge on any atom is -0.467 e. The van der Waals surface area contributed by atoms with E-state index < -0.39 is 10.1 Å². The summed E-state index contributed by atoms with van der Waals surface area (Å²) in [5.74, 6) is 0.644. The molecule has 0 spiro atoms. The number of thioether (sulfide) groups is 1. The average Bonchev–Trinajstić information content (AvgIpc) is 3.59. The molecule has 7 rings (SSSR count). The number of carbonyl (C=O) groups excluding carboxylic acids is 1. The lowest BCUT2D eigenvalue weighted by atomic mass is 9.93. The van der Waals surface area contributed by atoms with Crippen molar-refractivity contribution in [2.45, 2.75) is 51.5 Å². The molecule has 0 atom stereocenters. The summed E-state index contributed by atoms with van der Waals surface area (Å²) in [6.07, 6.45) is 11.8. The van der Waals surface area contributed by atoms with Crippen molar-refractivity contribution in [3.05, 3.63) is 111 Å². The van der Waals surface area contributed by atoms with Crippen LogP contribution in [0.15, 0.2) is 99.8 Å². The van der Waals surface area contributed by atoms with Crippen molar-refractivity contribution >= 4 is 78.3 Å². The van der Waals surface area contributed by atoms with E-state index in [-0.39, 0.29) is 4.90 Å². The van der Waals surface area contributed by atoms with Crippen LogP contribution in [0.2, 0.25) is 0 Å². The molecule has 1 aliphatic carbocycles. The van der Waals surface area contributed by atoms with Gasteiger partial charge in [-0.2, -0.15) is 13.0 Å². The van der Waals surface area contributed by atoms with Gasteiger partial charge in [0.1, 0.15) is 18.0 Å². The van der Waals surface area contributed by atoms with E-state index in [4.69, 9.17) is 4.74 Å². The highest BCUT2D eigenvalue weighted by molar-refractivity contribution is 8.03. The number of benzene rings is 4. The zero-order valence-electron chi connectivity index (χ0n) is 27.9. The smallest absolute Gasteiger partial charge is 0.295 e. The molecule has 2 aliphatic rings. The molecular formula is C40H39N2O5S2+. The topological polar surface area (TPSA) is 88.6 Å². The van der Waals surface area contributed by atoms with E-state index in [1.54, 1.807) is 23.9 Å². The SMILES string of the molecule is CCn1/c(=C\C=C2/CCCC(/C=C/C3=[N+](CC)c4ccc(C)c5cccc3c45)=C2SCCOC=O)c2cccc3c(S(=O)(=O)O)ccc1c32. The molecule has 0 radical (unpaired) electrons. The van der Waals surface area contributed by atoms with Crippen LogP contribution in [0.5, 0.6) is 0 Å². The quantitative estimate of drug-likeness (QED) is 0.0654. The van der Waals surface area contributed by atoms with Crippen LogP contribution in [0.4, 0.5) is 5.69 Å². The third-order valence-corrected chi connectivity index (χ3v) is 11.8. The van der Waals surface area contributed by atoms with Crippen molar-refractivity contribution in [2.24, 2.45) is 0 Å². The Bertz CT molecular complexity index is 2450. The molecule has 0 saturated heterocycles. The highest BCUT2D eigenvalue weighted by Gasteiger charge is 2.30. The largest absolute Gasteiger partial charge is 0.467 e. The van der Waals surface area contributed by atoms with Gasteiger partial charge in [-0.25, -0.2) is 0 Å². The van der Waals surface area contributed by atoms with Crippen LogP contribution in [0.1, 0.15) is 44.2 Å². The van der Waals surface area contributed by atoms with Crippen LogP contribution >= 0.6 is 11.8 Å². The standard InChI is InChI=1S/C40H38N2O5S2/c1-4-41-33(30-12-7-11-29-26(3)15-18-35(41)38(29)30)19-16-27-9-6-10-28(40(27)48-24-23-47-25-43)17-20-34-31-13-8-14-32-37(49(44,45)46)22-21-36(39(31)32)42(34)5-2/h7-8,11-22,25H,4-6,9-10,23-24H2,1-3H3/p+1. The highest BCUT2D eigenvalue weighted by atomic mass is 32.2. The number of aromatic nitrogens is 1. The van der Waals surface area contributed by atoms with Gasteiger partial charge in [0.05, 0.1) is 10.9 Å². The molecule has 0 unspecified atom stereocenters. The van der Waals surface area contributed by atoms with Crippen LogP contribution in [0.25, 0.3) is 38.5 Å². The molecule has 0 saturated carbocycles. The maximum absolute atomic E-state index is 12.2. The van der Waals surface area contributed by atoms with Gasteiger partial charge in [-0.1, -0.05) is 48.6 Å². The van der Waals surface area contributed by atoms with Crippen molar-refractivity contribution < 1.29 is 27.1 Å². The van der Waals surface area contributed by atoms with Gasteiger partial charge in [-0.15, -0.1) is 11.8 Å². The Hall–Kier alpha value is -4.44. The van der Waals surface area contributed by atoms with E-state index in [1.165, 1.54) is 55.4 Å². The lowest BCUT2D eigenvalue weighted by molar-refractivity contribution is -0.430. The fourth-order valence-electron chi connectivity index (χ4n) is 7.59. The summed E-state index contributed by atoms with van der Waals surface area (Å²) < 4.78 is 44.0. The second kappa shape index (κ2) is 13.5. The van der Waals surface area contributed by atoms with Crippen molar-refractivity contribution in [3.8, 4) is 0 Å². The van der Waals surface area contributed by atoms with Crippen LogP contribution in [-0.2, 0) is 26.2 Å². The Labute approximate surface area is 290 Å². The molecule has 250 valence electrons. The number of ether oxygens (including phenoxy) is 1. The average molecular weight is 692 g/mol. The first kappa shape index (κ1) is 33.1. The number of carbonyl (C=O) groups is 1. The van der Waals surface area contributed by atoms with E-state index in [0.717, 1.165) is 47.4 Å². The summed E-state index contributed by atoms with van der Waals surface area (Å²) in [7, 11) is -4.38. The number of allylic oxidation sites excluding steroid dienone is 5. The molecule has 1 aromatic heterocycles. The van der Waals surface area contributed by atoms with Crippen LogP contribution in [0, 0.1) is 6.92 Å². The van der Waals surface area contributed by atoms with Crippen LogP contribution in [-0.4, -0.2) is 53.2 Å². The number of hydrogen-bond acceptors (Lipinski definition) is 5. The predicted octanol–water partition coefficient (Wildman–Crippen LogP) is 8.02. The first-order chi connectivity index (χ1) is 23.8. The first-order valence-corrected chi connectivity index (χ1v) is 19.2. The second-order valence-electron chi connectivity index (χ2n) is 12.4. The molecule has 4 aromatic carbocycles. The van der Waals surface area contributed by atoms with Gasteiger partial charge in [0.15, 0.2) is 0 Å². The Morgan fingerprint density at radius 2 is 1.73 bits per heavy atom. The van der Waals surface area contributed by atoms with Crippen molar-refractivity contribution in [3.63, 3.8) is 0 Å². The Morgan fingerprint density at radius 3 is 2.51 bits per heavy atom. The molecule has 0 fully saturated rings. The zero-order valence-corrected chi connectivity index (χ0v) is 29.5. The van der Waals surface area contributed by atoms with E-state index in [2.05, 4.69) is 84.5 Å². The van der Waals surface area contributed by atoms with Gasteiger partial charge < -0.3 is 9.30 Å². The van der Waals surface area contributed by atoms with Gasteiger partial charge in [-0.3, -0.25) is 9.35 Å². The predicted molar refractivity (Wildman–Crippen MR) is 200 cm³/mol. The normalized spacial score (nSPS) is 16.5. The minimum atomic E-state index is -4.38. The molecular weight excluding hydrogens is 653 g/mol. The third-order valence-electron chi connectivity index (χ3n) is 9.72. The lowest BCUT2D eigenvalue weighted by Gasteiger charge is -2.21. The van der Waals surface area contributed by atoms with Gasteiger partial charge in [0.25, 0.3) is 16.6 Å². The van der Waals surface area contributed by atoms with Gasteiger partial charge in [0, 0.05) is 56.4 Å². The maximum atomic E-state index is 12.2. The molecule has 9 heteroatoms. The fraction of sp³-hybridized carbons (Fsp3) is 0.250. The molecule has 2 heterocycles. The summed E-state index contributed by atoms with van der Waals surface area (Å²) >= 11 is 1.72. The molecule has 49 heavy (non-hydrogen) atoms. The summed E-state index contributed by atoms with van der Waals surface area (Å²) in [5.41, 5.74) is 8.39. The minimum absolute atomic E-state index is 0.0807. The summed E-state index contributed by atoms with van der Waals surface area (Å²) in [4.78, 5) is 12.0.